The van der Waals surface area contributed by atoms with Gasteiger partial charge in [-0.15, -0.1) is 0 Å². The molecule has 2 N–H and O–H groups in total. The molecule has 0 saturated carbocycles. The van der Waals surface area contributed by atoms with Crippen LogP contribution >= 0.6 is 0 Å². The van der Waals surface area contributed by atoms with Crippen molar-refractivity contribution in [2.75, 3.05) is 13.2 Å². The van der Waals surface area contributed by atoms with Crippen LogP contribution in [0, 0.1) is 12.7 Å². The first kappa shape index (κ1) is 23.3. The van der Waals surface area contributed by atoms with E-state index in [1.54, 1.807) is 12.1 Å². The van der Waals surface area contributed by atoms with Crippen LogP contribution in [0.5, 0.6) is 5.75 Å². The number of halogens is 1. The molecule has 1 amide bonds. The number of carbonyl (C=O) groups excluding carboxylic acids is 1. The number of aryl methyl sites for hydroxylation is 1. The number of amides is 1. The molecule has 176 valence electrons. The molecular formula is C27H27FN2O4. The largest absolute Gasteiger partial charge is 0.489 e. The molecule has 2 aromatic carbocycles. The highest BCUT2D eigenvalue weighted by atomic mass is 19.1. The number of nitrogens with one attached hydrogen (secondary N) is 2. The van der Waals surface area contributed by atoms with Gasteiger partial charge in [-0.05, 0) is 73.7 Å². The first-order chi connectivity index (χ1) is 16.3. The second-order valence-corrected chi connectivity index (χ2v) is 8.50. The second-order valence-electron chi connectivity index (χ2n) is 8.50. The number of rotatable bonds is 9. The Hall–Kier alpha value is -3.87. The van der Waals surface area contributed by atoms with Gasteiger partial charge in [0, 0.05) is 47.1 Å². The van der Waals surface area contributed by atoms with Crippen molar-refractivity contribution in [2.45, 2.75) is 33.1 Å². The number of H-pyrrole nitrogens is 1. The van der Waals surface area contributed by atoms with Crippen molar-refractivity contribution < 1.29 is 18.3 Å². The van der Waals surface area contributed by atoms with E-state index in [0.29, 0.717) is 36.5 Å². The third-order valence-electron chi connectivity index (χ3n) is 5.79. The molecule has 0 bridgehead atoms. The summed E-state index contributed by atoms with van der Waals surface area (Å²) in [6, 6.07) is 9.97. The fraction of sp³-hybridized carbons (Fsp3) is 0.259. The highest BCUT2D eigenvalue weighted by Gasteiger charge is 2.14. The molecule has 0 aliphatic heterocycles. The van der Waals surface area contributed by atoms with Gasteiger partial charge in [0.1, 0.15) is 23.8 Å². The van der Waals surface area contributed by atoms with E-state index in [1.807, 2.05) is 32.2 Å². The van der Waals surface area contributed by atoms with Gasteiger partial charge in [-0.25, -0.2) is 9.18 Å². The monoisotopic (exact) mass is 462 g/mol. The van der Waals surface area contributed by atoms with Gasteiger partial charge < -0.3 is 19.5 Å². The minimum atomic E-state index is -0.448. The molecule has 4 rings (SSSR count). The van der Waals surface area contributed by atoms with E-state index in [2.05, 4.69) is 16.9 Å². The van der Waals surface area contributed by atoms with Crippen LogP contribution < -0.4 is 15.7 Å². The summed E-state index contributed by atoms with van der Waals surface area (Å²) in [6.07, 6.45) is 2.85. The van der Waals surface area contributed by atoms with Crippen molar-refractivity contribution in [3.63, 3.8) is 0 Å². The minimum absolute atomic E-state index is 0.159. The van der Waals surface area contributed by atoms with Crippen LogP contribution in [-0.2, 0) is 17.6 Å². The van der Waals surface area contributed by atoms with Crippen LogP contribution in [0.3, 0.4) is 0 Å². The molecular weight excluding hydrogens is 435 g/mol. The number of hydrogen-bond acceptors (Lipinski definition) is 4. The molecule has 0 radical (unpaired) electrons. The van der Waals surface area contributed by atoms with Crippen LogP contribution in [0.15, 0.2) is 64.0 Å². The van der Waals surface area contributed by atoms with Crippen LogP contribution in [0.1, 0.15) is 30.0 Å². The topological polar surface area (TPSA) is 84.3 Å². The molecule has 0 unspecified atom stereocenters. The lowest BCUT2D eigenvalue weighted by Gasteiger charge is -2.10. The van der Waals surface area contributed by atoms with Crippen molar-refractivity contribution in [2.24, 2.45) is 0 Å². The average Bonchev–Trinajstić information content (AvgIpc) is 3.19. The Morgan fingerprint density at radius 2 is 2.00 bits per heavy atom. The molecule has 2 heterocycles. The average molecular weight is 463 g/mol. The summed E-state index contributed by atoms with van der Waals surface area (Å²) < 4.78 is 24.7. The lowest BCUT2D eigenvalue weighted by atomic mass is 10.0. The summed E-state index contributed by atoms with van der Waals surface area (Å²) in [5, 5.41) is 4.50. The zero-order valence-corrected chi connectivity index (χ0v) is 19.3. The summed E-state index contributed by atoms with van der Waals surface area (Å²) >= 11 is 0. The maximum absolute atomic E-state index is 13.5. The van der Waals surface area contributed by atoms with Crippen LogP contribution in [-0.4, -0.2) is 24.0 Å². The quantitative estimate of drug-likeness (QED) is 0.272. The summed E-state index contributed by atoms with van der Waals surface area (Å²) in [5.41, 5.74) is 3.97. The Balaban J connectivity index is 1.37. The normalized spacial score (nSPS) is 11.1. The van der Waals surface area contributed by atoms with Gasteiger partial charge in [0.25, 0.3) is 0 Å². The van der Waals surface area contributed by atoms with Gasteiger partial charge in [-0.3, -0.25) is 4.79 Å². The zero-order valence-electron chi connectivity index (χ0n) is 19.3. The standard InChI is InChI=1S/C27H27FN2O4/c1-16(2)15-33-20-5-6-21-17(3)22(27(32)34-25(21)13-20)7-9-26(31)29-11-10-18-14-30-24-8-4-19(28)12-23(18)24/h4-6,8,12-14,30H,1,7,9-11,15H2,2-3H3,(H,29,31). The van der Waals surface area contributed by atoms with Crippen LogP contribution in [0.4, 0.5) is 4.39 Å². The molecule has 0 saturated heterocycles. The number of aromatic amines is 1. The predicted octanol–water partition coefficient (Wildman–Crippen LogP) is 4.97. The van der Waals surface area contributed by atoms with E-state index < -0.39 is 5.63 Å². The van der Waals surface area contributed by atoms with Crippen molar-refractivity contribution in [3.8, 4) is 5.75 Å². The van der Waals surface area contributed by atoms with E-state index in [9.17, 15) is 14.0 Å². The molecule has 7 heteroatoms. The van der Waals surface area contributed by atoms with Crippen molar-refractivity contribution >= 4 is 27.8 Å². The van der Waals surface area contributed by atoms with E-state index in [1.165, 1.54) is 12.1 Å². The number of benzene rings is 2. The summed E-state index contributed by atoms with van der Waals surface area (Å²) in [5.74, 6) is 0.147. The first-order valence-electron chi connectivity index (χ1n) is 11.2. The highest BCUT2D eigenvalue weighted by Crippen LogP contribution is 2.25. The maximum Gasteiger partial charge on any atom is 0.339 e. The van der Waals surface area contributed by atoms with E-state index in [4.69, 9.17) is 9.15 Å². The third-order valence-corrected chi connectivity index (χ3v) is 5.79. The molecule has 0 fully saturated rings. The molecule has 2 aromatic heterocycles. The van der Waals surface area contributed by atoms with Gasteiger partial charge in [0.2, 0.25) is 5.91 Å². The Kier molecular flexibility index (Phi) is 6.82. The fourth-order valence-electron chi connectivity index (χ4n) is 3.98. The molecule has 0 atom stereocenters. The van der Waals surface area contributed by atoms with Crippen molar-refractivity contribution in [1.82, 2.24) is 10.3 Å². The Morgan fingerprint density at radius 1 is 1.18 bits per heavy atom. The van der Waals surface area contributed by atoms with Gasteiger partial charge in [-0.2, -0.15) is 0 Å². The maximum atomic E-state index is 13.5. The Labute approximate surface area is 196 Å². The SMILES string of the molecule is C=C(C)COc1ccc2c(C)c(CCC(=O)NCCc3c[nH]c4ccc(F)cc34)c(=O)oc2c1. The van der Waals surface area contributed by atoms with E-state index in [-0.39, 0.29) is 24.6 Å². The Morgan fingerprint density at radius 3 is 2.79 bits per heavy atom. The van der Waals surface area contributed by atoms with E-state index in [0.717, 1.165) is 33.0 Å². The van der Waals surface area contributed by atoms with Crippen LogP contribution in [0.25, 0.3) is 21.9 Å². The summed E-state index contributed by atoms with van der Waals surface area (Å²) in [4.78, 5) is 28.1. The first-order valence-corrected chi connectivity index (χ1v) is 11.2. The molecule has 0 spiro atoms. The van der Waals surface area contributed by atoms with Crippen molar-refractivity contribution in [1.29, 1.82) is 0 Å². The number of ether oxygens (including phenoxy) is 1. The van der Waals surface area contributed by atoms with Crippen LogP contribution in [0.2, 0.25) is 0 Å². The third kappa shape index (κ3) is 5.20. The highest BCUT2D eigenvalue weighted by molar-refractivity contribution is 5.84. The van der Waals surface area contributed by atoms with Gasteiger partial charge in [-0.1, -0.05) is 6.58 Å². The van der Waals surface area contributed by atoms with Gasteiger partial charge in [0.15, 0.2) is 0 Å². The fourth-order valence-corrected chi connectivity index (χ4v) is 3.98. The predicted molar refractivity (Wildman–Crippen MR) is 131 cm³/mol. The zero-order chi connectivity index (χ0) is 24.2. The Bertz CT molecular complexity index is 1430. The lowest BCUT2D eigenvalue weighted by Crippen LogP contribution is -2.26. The smallest absolute Gasteiger partial charge is 0.339 e. The molecule has 0 aliphatic rings. The second kappa shape index (κ2) is 9.95. The molecule has 6 nitrogen and oxygen atoms in total. The molecule has 4 aromatic rings. The summed E-state index contributed by atoms with van der Waals surface area (Å²) in [7, 11) is 0. The number of fused-ring (bicyclic) bond motifs is 2. The lowest BCUT2D eigenvalue weighted by molar-refractivity contribution is -0.121. The van der Waals surface area contributed by atoms with Gasteiger partial charge in [0.05, 0.1) is 0 Å². The molecule has 0 aliphatic carbocycles. The minimum Gasteiger partial charge on any atom is -0.489 e. The number of hydrogen-bond donors (Lipinski definition) is 2. The molecule has 34 heavy (non-hydrogen) atoms. The number of aromatic nitrogens is 1. The van der Waals surface area contributed by atoms with Crippen molar-refractivity contribution in [3.05, 3.63) is 87.7 Å². The summed E-state index contributed by atoms with van der Waals surface area (Å²) in [6.45, 7) is 8.34. The van der Waals surface area contributed by atoms with E-state index >= 15 is 0 Å². The number of carbonyl (C=O) groups is 1. The van der Waals surface area contributed by atoms with Gasteiger partial charge >= 0.3 is 5.63 Å².